The first-order valence-electron chi connectivity index (χ1n) is 5.86. The van der Waals surface area contributed by atoms with Crippen molar-refractivity contribution in [1.82, 2.24) is 4.90 Å². The molecule has 0 bridgehead atoms. The lowest BCUT2D eigenvalue weighted by atomic mass is 9.82. The van der Waals surface area contributed by atoms with Crippen LogP contribution < -0.4 is 0 Å². The minimum atomic E-state index is -0.530. The second kappa shape index (κ2) is 5.24. The number of aliphatic hydroxyl groups excluding tert-OH is 1. The van der Waals surface area contributed by atoms with E-state index in [0.717, 1.165) is 12.8 Å². The lowest BCUT2D eigenvalue weighted by molar-refractivity contribution is 0.0265. The molecule has 1 N–H and O–H groups in total. The van der Waals surface area contributed by atoms with Crippen LogP contribution in [0.25, 0.3) is 0 Å². The standard InChI is InChI=1S/C13H15ClFNO2/c1-16(7-8-4-10(17)5-8)13(18)9-2-3-12(15)11(14)6-9/h2-3,6,8,10,17H,4-5,7H2,1H3. The van der Waals surface area contributed by atoms with Crippen LogP contribution >= 0.6 is 11.6 Å². The number of hydrogen-bond acceptors (Lipinski definition) is 2. The van der Waals surface area contributed by atoms with Crippen molar-refractivity contribution in [2.24, 2.45) is 5.92 Å². The van der Waals surface area contributed by atoms with Gasteiger partial charge in [0.1, 0.15) is 5.82 Å². The molecule has 1 saturated carbocycles. The monoisotopic (exact) mass is 271 g/mol. The van der Waals surface area contributed by atoms with Crippen molar-refractivity contribution < 1.29 is 14.3 Å². The van der Waals surface area contributed by atoms with Crippen LogP contribution in [-0.4, -0.2) is 35.6 Å². The van der Waals surface area contributed by atoms with Gasteiger partial charge in [-0.1, -0.05) is 11.6 Å². The van der Waals surface area contributed by atoms with Gasteiger partial charge in [0, 0.05) is 19.2 Å². The third kappa shape index (κ3) is 2.82. The summed E-state index contributed by atoms with van der Waals surface area (Å²) in [5, 5.41) is 9.14. The van der Waals surface area contributed by atoms with E-state index >= 15 is 0 Å². The normalized spacial score (nSPS) is 22.4. The molecule has 1 aliphatic rings. The lowest BCUT2D eigenvalue weighted by Crippen LogP contribution is -2.39. The maximum atomic E-state index is 13.0. The highest BCUT2D eigenvalue weighted by molar-refractivity contribution is 6.31. The van der Waals surface area contributed by atoms with Crippen molar-refractivity contribution in [2.45, 2.75) is 18.9 Å². The zero-order chi connectivity index (χ0) is 13.3. The molecule has 98 valence electrons. The van der Waals surface area contributed by atoms with Crippen LogP contribution in [0.1, 0.15) is 23.2 Å². The molecule has 0 spiro atoms. The number of carbonyl (C=O) groups is 1. The van der Waals surface area contributed by atoms with Crippen molar-refractivity contribution in [3.8, 4) is 0 Å². The Bertz CT molecular complexity index is 460. The number of amides is 1. The Hall–Kier alpha value is -1.13. The van der Waals surface area contributed by atoms with Gasteiger partial charge in [-0.2, -0.15) is 0 Å². The number of benzene rings is 1. The maximum Gasteiger partial charge on any atom is 0.253 e. The quantitative estimate of drug-likeness (QED) is 0.917. The molecule has 0 atom stereocenters. The molecule has 5 heteroatoms. The Morgan fingerprint density at radius 3 is 2.78 bits per heavy atom. The van der Waals surface area contributed by atoms with Gasteiger partial charge >= 0.3 is 0 Å². The van der Waals surface area contributed by atoms with Crippen LogP contribution in [0.5, 0.6) is 0 Å². The topological polar surface area (TPSA) is 40.5 Å². The maximum absolute atomic E-state index is 13.0. The van der Waals surface area contributed by atoms with Gasteiger partial charge in [-0.05, 0) is 37.0 Å². The van der Waals surface area contributed by atoms with Crippen LogP contribution in [0.3, 0.4) is 0 Å². The fourth-order valence-electron chi connectivity index (χ4n) is 2.17. The van der Waals surface area contributed by atoms with Crippen LogP contribution in [0.2, 0.25) is 5.02 Å². The minimum Gasteiger partial charge on any atom is -0.393 e. The number of hydrogen-bond donors (Lipinski definition) is 1. The molecule has 1 fully saturated rings. The predicted octanol–water partition coefficient (Wildman–Crippen LogP) is 2.32. The highest BCUT2D eigenvalue weighted by Gasteiger charge is 2.29. The van der Waals surface area contributed by atoms with Crippen molar-refractivity contribution in [1.29, 1.82) is 0 Å². The zero-order valence-corrected chi connectivity index (χ0v) is 10.8. The summed E-state index contributed by atoms with van der Waals surface area (Å²) in [6.45, 7) is 0.602. The highest BCUT2D eigenvalue weighted by Crippen LogP contribution is 2.28. The Balaban J connectivity index is 1.99. The summed E-state index contributed by atoms with van der Waals surface area (Å²) in [6, 6.07) is 3.96. The van der Waals surface area contributed by atoms with Gasteiger partial charge < -0.3 is 10.0 Å². The van der Waals surface area contributed by atoms with Crippen LogP contribution in [0.4, 0.5) is 4.39 Å². The van der Waals surface area contributed by atoms with Gasteiger partial charge in [-0.3, -0.25) is 4.79 Å². The molecule has 0 radical (unpaired) electrons. The number of nitrogens with zero attached hydrogens (tertiary/aromatic N) is 1. The molecular formula is C13H15ClFNO2. The van der Waals surface area contributed by atoms with Crippen LogP contribution in [0.15, 0.2) is 18.2 Å². The summed E-state index contributed by atoms with van der Waals surface area (Å²) >= 11 is 5.65. The summed E-state index contributed by atoms with van der Waals surface area (Å²) < 4.78 is 13.0. The molecule has 1 aromatic carbocycles. The summed E-state index contributed by atoms with van der Waals surface area (Å²) in [5.41, 5.74) is 0.378. The fraction of sp³-hybridized carbons (Fsp3) is 0.462. The molecule has 2 rings (SSSR count). The first kappa shape index (κ1) is 13.3. The largest absolute Gasteiger partial charge is 0.393 e. The number of carbonyl (C=O) groups excluding carboxylic acids is 1. The van der Waals surface area contributed by atoms with Gasteiger partial charge in [0.2, 0.25) is 0 Å². The van der Waals surface area contributed by atoms with Crippen molar-refractivity contribution in [3.63, 3.8) is 0 Å². The molecule has 0 saturated heterocycles. The first-order chi connectivity index (χ1) is 8.47. The van der Waals surface area contributed by atoms with E-state index in [1.807, 2.05) is 0 Å². The third-order valence-corrected chi connectivity index (χ3v) is 3.55. The number of halogens is 2. The van der Waals surface area contributed by atoms with E-state index in [4.69, 9.17) is 11.6 Å². The Kier molecular flexibility index (Phi) is 3.88. The molecule has 0 aliphatic heterocycles. The molecule has 18 heavy (non-hydrogen) atoms. The second-order valence-corrected chi connectivity index (χ2v) is 5.21. The molecule has 1 aromatic rings. The van der Waals surface area contributed by atoms with Gasteiger partial charge in [0.15, 0.2) is 0 Å². The Labute approximate surface area is 110 Å². The predicted molar refractivity (Wildman–Crippen MR) is 67.1 cm³/mol. The van der Waals surface area contributed by atoms with E-state index in [0.29, 0.717) is 18.0 Å². The van der Waals surface area contributed by atoms with Gasteiger partial charge in [-0.15, -0.1) is 0 Å². The average molecular weight is 272 g/mol. The first-order valence-corrected chi connectivity index (χ1v) is 6.23. The van der Waals surface area contributed by atoms with E-state index in [9.17, 15) is 14.3 Å². The summed E-state index contributed by atoms with van der Waals surface area (Å²) in [5.74, 6) is -0.360. The van der Waals surface area contributed by atoms with E-state index in [1.165, 1.54) is 18.2 Å². The smallest absolute Gasteiger partial charge is 0.253 e. The number of rotatable bonds is 3. The molecule has 3 nitrogen and oxygen atoms in total. The minimum absolute atomic E-state index is 0.0479. The fourth-order valence-corrected chi connectivity index (χ4v) is 2.35. The third-order valence-electron chi connectivity index (χ3n) is 3.26. The average Bonchev–Trinajstić information content (AvgIpc) is 2.29. The second-order valence-electron chi connectivity index (χ2n) is 4.81. The summed E-state index contributed by atoms with van der Waals surface area (Å²) in [4.78, 5) is 13.6. The zero-order valence-electron chi connectivity index (χ0n) is 10.1. The van der Waals surface area contributed by atoms with Gasteiger partial charge in [0.05, 0.1) is 11.1 Å². The van der Waals surface area contributed by atoms with E-state index in [-0.39, 0.29) is 17.0 Å². The summed E-state index contributed by atoms with van der Waals surface area (Å²) in [7, 11) is 1.70. The molecular weight excluding hydrogens is 257 g/mol. The molecule has 0 aromatic heterocycles. The Morgan fingerprint density at radius 1 is 1.56 bits per heavy atom. The van der Waals surface area contributed by atoms with Gasteiger partial charge in [-0.25, -0.2) is 4.39 Å². The van der Waals surface area contributed by atoms with E-state index in [2.05, 4.69) is 0 Å². The lowest BCUT2D eigenvalue weighted by Gasteiger charge is -2.34. The number of aliphatic hydroxyl groups is 1. The van der Waals surface area contributed by atoms with E-state index in [1.54, 1.807) is 11.9 Å². The molecule has 1 aliphatic carbocycles. The SMILES string of the molecule is CN(CC1CC(O)C1)C(=O)c1ccc(F)c(Cl)c1. The van der Waals surface area contributed by atoms with E-state index < -0.39 is 5.82 Å². The van der Waals surface area contributed by atoms with Crippen molar-refractivity contribution in [3.05, 3.63) is 34.6 Å². The van der Waals surface area contributed by atoms with Gasteiger partial charge in [0.25, 0.3) is 5.91 Å². The Morgan fingerprint density at radius 2 is 2.22 bits per heavy atom. The molecule has 0 unspecified atom stereocenters. The highest BCUT2D eigenvalue weighted by atomic mass is 35.5. The summed E-state index contributed by atoms with van der Waals surface area (Å²) in [6.07, 6.45) is 1.25. The molecule has 1 amide bonds. The van der Waals surface area contributed by atoms with Crippen LogP contribution in [-0.2, 0) is 0 Å². The van der Waals surface area contributed by atoms with Crippen LogP contribution in [0, 0.1) is 11.7 Å². The van der Waals surface area contributed by atoms with Crippen molar-refractivity contribution >= 4 is 17.5 Å². The van der Waals surface area contributed by atoms with Crippen molar-refractivity contribution in [2.75, 3.05) is 13.6 Å². The molecule has 0 heterocycles.